The van der Waals surface area contributed by atoms with Gasteiger partial charge >= 0.3 is 0 Å². The molecular weight excluding hydrogens is 272 g/mol. The first-order chi connectivity index (χ1) is 9.63. The van der Waals surface area contributed by atoms with Crippen molar-refractivity contribution >= 4 is 23.2 Å². The topological polar surface area (TPSA) is 46.3 Å². The monoisotopic (exact) mass is 288 g/mol. The highest BCUT2D eigenvalue weighted by Crippen LogP contribution is 2.19. The van der Waals surface area contributed by atoms with Gasteiger partial charge in [0.25, 0.3) is 5.91 Å². The van der Waals surface area contributed by atoms with Crippen molar-refractivity contribution in [3.63, 3.8) is 0 Å². The number of hydrogen-bond acceptors (Lipinski definition) is 2. The second-order valence-corrected chi connectivity index (χ2v) is 4.91. The summed E-state index contributed by atoms with van der Waals surface area (Å²) in [5, 5.41) is 0.666. The minimum atomic E-state index is -0.0782. The number of para-hydroxylation sites is 1. The lowest BCUT2D eigenvalue weighted by molar-refractivity contribution is 0.0753. The fourth-order valence-electron chi connectivity index (χ4n) is 2.02. The van der Waals surface area contributed by atoms with E-state index in [9.17, 15) is 4.79 Å². The molecule has 104 valence electrons. The van der Waals surface area contributed by atoms with E-state index in [2.05, 4.69) is 0 Å². The van der Waals surface area contributed by atoms with E-state index in [0.29, 0.717) is 29.4 Å². The zero-order chi connectivity index (χ0) is 14.5. The summed E-state index contributed by atoms with van der Waals surface area (Å²) in [5.41, 5.74) is 7.82. The second kappa shape index (κ2) is 6.44. The summed E-state index contributed by atoms with van der Waals surface area (Å²) in [6.45, 7) is 3.01. The van der Waals surface area contributed by atoms with Crippen molar-refractivity contribution in [1.29, 1.82) is 0 Å². The zero-order valence-electron chi connectivity index (χ0n) is 11.3. The fraction of sp³-hybridized carbons (Fsp3) is 0.188. The van der Waals surface area contributed by atoms with Gasteiger partial charge < -0.3 is 10.6 Å². The van der Waals surface area contributed by atoms with Gasteiger partial charge in [0, 0.05) is 23.8 Å². The molecule has 0 spiro atoms. The van der Waals surface area contributed by atoms with Gasteiger partial charge in [0.1, 0.15) is 0 Å². The smallest absolute Gasteiger partial charge is 0.256 e. The maximum absolute atomic E-state index is 12.5. The van der Waals surface area contributed by atoms with E-state index in [4.69, 9.17) is 17.3 Å². The van der Waals surface area contributed by atoms with E-state index in [1.54, 1.807) is 17.0 Å². The van der Waals surface area contributed by atoms with Gasteiger partial charge in [-0.25, -0.2) is 0 Å². The molecule has 2 aromatic carbocycles. The summed E-state index contributed by atoms with van der Waals surface area (Å²) in [4.78, 5) is 14.2. The Morgan fingerprint density at radius 3 is 2.45 bits per heavy atom. The molecule has 0 unspecified atom stereocenters. The number of nitrogens with zero attached hydrogens (tertiary/aromatic N) is 1. The minimum Gasteiger partial charge on any atom is -0.398 e. The number of nitrogens with two attached hydrogens (primary N) is 1. The van der Waals surface area contributed by atoms with Crippen LogP contribution in [0.2, 0.25) is 5.02 Å². The number of amides is 1. The number of nitrogen functional groups attached to an aromatic ring is 1. The number of carbonyl (C=O) groups is 1. The van der Waals surface area contributed by atoms with E-state index in [0.717, 1.165) is 5.56 Å². The van der Waals surface area contributed by atoms with E-state index in [1.807, 2.05) is 43.3 Å². The van der Waals surface area contributed by atoms with Crippen molar-refractivity contribution in [3.05, 3.63) is 64.7 Å². The standard InChI is InChI=1S/C16H17ClN2O/c1-2-19(11-12-7-3-5-9-14(12)17)16(20)13-8-4-6-10-15(13)18/h3-10H,2,11,18H2,1H3. The van der Waals surface area contributed by atoms with Gasteiger partial charge in [-0.15, -0.1) is 0 Å². The second-order valence-electron chi connectivity index (χ2n) is 4.50. The highest BCUT2D eigenvalue weighted by atomic mass is 35.5. The van der Waals surface area contributed by atoms with Gasteiger partial charge in [0.15, 0.2) is 0 Å². The molecule has 0 heterocycles. The van der Waals surface area contributed by atoms with Crippen molar-refractivity contribution in [2.75, 3.05) is 12.3 Å². The minimum absolute atomic E-state index is 0.0782. The number of benzene rings is 2. The van der Waals surface area contributed by atoms with E-state index < -0.39 is 0 Å². The average Bonchev–Trinajstić information content (AvgIpc) is 2.46. The van der Waals surface area contributed by atoms with Crippen LogP contribution in [0.1, 0.15) is 22.8 Å². The zero-order valence-corrected chi connectivity index (χ0v) is 12.1. The van der Waals surface area contributed by atoms with Crippen LogP contribution in [0.3, 0.4) is 0 Å². The molecule has 2 aromatic rings. The van der Waals surface area contributed by atoms with Gasteiger partial charge in [-0.2, -0.15) is 0 Å². The molecular formula is C16H17ClN2O. The maximum atomic E-state index is 12.5. The highest BCUT2D eigenvalue weighted by Gasteiger charge is 2.17. The molecule has 0 aliphatic rings. The molecule has 0 aliphatic heterocycles. The highest BCUT2D eigenvalue weighted by molar-refractivity contribution is 6.31. The van der Waals surface area contributed by atoms with Crippen molar-refractivity contribution in [2.24, 2.45) is 0 Å². The Balaban J connectivity index is 2.23. The SMILES string of the molecule is CCN(Cc1ccccc1Cl)C(=O)c1ccccc1N. The molecule has 0 aliphatic carbocycles. The maximum Gasteiger partial charge on any atom is 0.256 e. The molecule has 0 saturated carbocycles. The van der Waals surface area contributed by atoms with Gasteiger partial charge in [-0.3, -0.25) is 4.79 Å². The quantitative estimate of drug-likeness (QED) is 0.874. The van der Waals surface area contributed by atoms with Gasteiger partial charge in [-0.1, -0.05) is 41.9 Å². The largest absolute Gasteiger partial charge is 0.398 e. The van der Waals surface area contributed by atoms with Crippen LogP contribution in [-0.2, 0) is 6.54 Å². The van der Waals surface area contributed by atoms with Crippen LogP contribution in [0, 0.1) is 0 Å². The van der Waals surface area contributed by atoms with E-state index in [1.165, 1.54) is 0 Å². The van der Waals surface area contributed by atoms with Crippen molar-refractivity contribution in [1.82, 2.24) is 4.90 Å². The Hall–Kier alpha value is -2.00. The molecule has 1 amide bonds. The third kappa shape index (κ3) is 3.11. The first-order valence-electron chi connectivity index (χ1n) is 6.50. The molecule has 4 heteroatoms. The van der Waals surface area contributed by atoms with Crippen LogP contribution in [0.4, 0.5) is 5.69 Å². The van der Waals surface area contributed by atoms with Crippen LogP contribution in [0.5, 0.6) is 0 Å². The van der Waals surface area contributed by atoms with Crippen LogP contribution in [0.25, 0.3) is 0 Å². The summed E-state index contributed by atoms with van der Waals surface area (Å²) < 4.78 is 0. The molecule has 20 heavy (non-hydrogen) atoms. The van der Waals surface area contributed by atoms with Gasteiger partial charge in [-0.05, 0) is 30.7 Å². The van der Waals surface area contributed by atoms with Gasteiger partial charge in [0.05, 0.1) is 5.56 Å². The summed E-state index contributed by atoms with van der Waals surface area (Å²) in [6.07, 6.45) is 0. The molecule has 0 saturated heterocycles. The summed E-state index contributed by atoms with van der Waals surface area (Å²) in [5.74, 6) is -0.0782. The first kappa shape index (κ1) is 14.4. The first-order valence-corrected chi connectivity index (χ1v) is 6.88. The Morgan fingerprint density at radius 1 is 1.15 bits per heavy atom. The van der Waals surface area contributed by atoms with Gasteiger partial charge in [0.2, 0.25) is 0 Å². The number of rotatable bonds is 4. The van der Waals surface area contributed by atoms with Crippen molar-refractivity contribution < 1.29 is 4.79 Å². The predicted octanol–water partition coefficient (Wildman–Crippen LogP) is 3.58. The van der Waals surface area contributed by atoms with Crippen LogP contribution < -0.4 is 5.73 Å². The summed E-state index contributed by atoms with van der Waals surface area (Å²) in [6, 6.07) is 14.6. The average molecular weight is 289 g/mol. The lowest BCUT2D eigenvalue weighted by Gasteiger charge is -2.22. The molecule has 0 atom stereocenters. The fourth-order valence-corrected chi connectivity index (χ4v) is 2.22. The third-order valence-corrected chi connectivity index (χ3v) is 3.55. The Morgan fingerprint density at radius 2 is 1.80 bits per heavy atom. The number of carbonyl (C=O) groups excluding carboxylic acids is 1. The number of halogens is 1. The van der Waals surface area contributed by atoms with Crippen LogP contribution in [0.15, 0.2) is 48.5 Å². The third-order valence-electron chi connectivity index (χ3n) is 3.18. The molecule has 3 nitrogen and oxygen atoms in total. The van der Waals surface area contributed by atoms with E-state index >= 15 is 0 Å². The molecule has 2 N–H and O–H groups in total. The normalized spacial score (nSPS) is 10.3. The van der Waals surface area contributed by atoms with E-state index in [-0.39, 0.29) is 5.91 Å². The summed E-state index contributed by atoms with van der Waals surface area (Å²) >= 11 is 6.14. The number of anilines is 1. The lowest BCUT2D eigenvalue weighted by atomic mass is 10.1. The summed E-state index contributed by atoms with van der Waals surface area (Å²) in [7, 11) is 0. The van der Waals surface area contributed by atoms with Crippen molar-refractivity contribution in [3.8, 4) is 0 Å². The Bertz CT molecular complexity index is 613. The Kier molecular flexibility index (Phi) is 4.64. The predicted molar refractivity (Wildman–Crippen MR) is 82.7 cm³/mol. The van der Waals surface area contributed by atoms with Crippen LogP contribution >= 0.6 is 11.6 Å². The lowest BCUT2D eigenvalue weighted by Crippen LogP contribution is -2.31. The molecule has 2 rings (SSSR count). The molecule has 0 bridgehead atoms. The van der Waals surface area contributed by atoms with Crippen molar-refractivity contribution in [2.45, 2.75) is 13.5 Å². The Labute approximate surface area is 124 Å². The number of hydrogen-bond donors (Lipinski definition) is 1. The molecule has 0 radical (unpaired) electrons. The van der Waals surface area contributed by atoms with Crippen LogP contribution in [-0.4, -0.2) is 17.4 Å². The molecule has 0 aromatic heterocycles. The molecule has 0 fully saturated rings.